The Bertz CT molecular complexity index is 226. The second kappa shape index (κ2) is 22.0. The number of rotatable bonds is 21. The summed E-state index contributed by atoms with van der Waals surface area (Å²) in [5, 5.41) is 0. The van der Waals surface area contributed by atoms with Crippen molar-refractivity contribution in [2.75, 3.05) is 0 Å². The van der Waals surface area contributed by atoms with E-state index in [0.717, 1.165) is 0 Å². The summed E-state index contributed by atoms with van der Waals surface area (Å²) in [4.78, 5) is 0. The standard InChI is InChI=1S/C24H51N/c1-3-5-7-9-11-12-13-14-15-16-17-19-21-23-24(25)22-20-18-10-8-6-4-2/h24H,3-23,25H2,1-2H3. The van der Waals surface area contributed by atoms with Gasteiger partial charge in [0.15, 0.2) is 0 Å². The van der Waals surface area contributed by atoms with E-state index in [4.69, 9.17) is 5.73 Å². The van der Waals surface area contributed by atoms with Crippen LogP contribution in [-0.2, 0) is 0 Å². The van der Waals surface area contributed by atoms with Gasteiger partial charge >= 0.3 is 0 Å². The fourth-order valence-corrected chi connectivity index (χ4v) is 3.76. The average molecular weight is 354 g/mol. The Balaban J connectivity index is 3.09. The molecule has 0 fully saturated rings. The van der Waals surface area contributed by atoms with Crippen molar-refractivity contribution in [2.45, 2.75) is 155 Å². The van der Waals surface area contributed by atoms with E-state index in [1.807, 2.05) is 0 Å². The molecule has 0 heterocycles. The van der Waals surface area contributed by atoms with E-state index in [2.05, 4.69) is 13.8 Å². The number of unbranched alkanes of at least 4 members (excludes halogenated alkanes) is 17. The van der Waals surface area contributed by atoms with Crippen LogP contribution in [0.15, 0.2) is 0 Å². The highest BCUT2D eigenvalue weighted by Crippen LogP contribution is 2.14. The van der Waals surface area contributed by atoms with Crippen LogP contribution in [0.25, 0.3) is 0 Å². The van der Waals surface area contributed by atoms with Crippen molar-refractivity contribution in [3.63, 3.8) is 0 Å². The summed E-state index contributed by atoms with van der Waals surface area (Å²) in [5.41, 5.74) is 6.25. The van der Waals surface area contributed by atoms with Crippen LogP contribution in [0.2, 0.25) is 0 Å². The van der Waals surface area contributed by atoms with Crippen molar-refractivity contribution >= 4 is 0 Å². The van der Waals surface area contributed by atoms with E-state index < -0.39 is 0 Å². The molecule has 0 amide bonds. The molecule has 1 unspecified atom stereocenters. The lowest BCUT2D eigenvalue weighted by atomic mass is 10.0. The normalized spacial score (nSPS) is 12.6. The molecule has 1 nitrogen and oxygen atoms in total. The Hall–Kier alpha value is -0.0400. The van der Waals surface area contributed by atoms with Crippen LogP contribution in [0.1, 0.15) is 149 Å². The molecule has 25 heavy (non-hydrogen) atoms. The first kappa shape index (κ1) is 25.0. The van der Waals surface area contributed by atoms with Gasteiger partial charge in [0.25, 0.3) is 0 Å². The average Bonchev–Trinajstić information content (AvgIpc) is 2.62. The maximum absolute atomic E-state index is 6.25. The highest BCUT2D eigenvalue weighted by atomic mass is 14.6. The topological polar surface area (TPSA) is 26.0 Å². The zero-order valence-electron chi connectivity index (χ0n) is 18.0. The van der Waals surface area contributed by atoms with Gasteiger partial charge in [-0.05, 0) is 12.8 Å². The summed E-state index contributed by atoms with van der Waals surface area (Å²) in [6.07, 6.45) is 29.5. The van der Waals surface area contributed by atoms with Crippen molar-refractivity contribution in [3.8, 4) is 0 Å². The van der Waals surface area contributed by atoms with E-state index >= 15 is 0 Å². The van der Waals surface area contributed by atoms with Crippen LogP contribution in [0.4, 0.5) is 0 Å². The predicted octanol–water partition coefficient (Wildman–Crippen LogP) is 8.55. The molecule has 0 aliphatic heterocycles. The Morgan fingerprint density at radius 1 is 0.400 bits per heavy atom. The fourth-order valence-electron chi connectivity index (χ4n) is 3.76. The Morgan fingerprint density at radius 3 is 0.920 bits per heavy atom. The number of hydrogen-bond donors (Lipinski definition) is 1. The van der Waals surface area contributed by atoms with Crippen LogP contribution < -0.4 is 5.73 Å². The van der Waals surface area contributed by atoms with Gasteiger partial charge < -0.3 is 5.73 Å². The Labute approximate surface area is 160 Å². The van der Waals surface area contributed by atoms with Gasteiger partial charge in [0.1, 0.15) is 0 Å². The molecule has 152 valence electrons. The summed E-state index contributed by atoms with van der Waals surface area (Å²) in [5.74, 6) is 0. The summed E-state index contributed by atoms with van der Waals surface area (Å²) in [6, 6.07) is 0.471. The largest absolute Gasteiger partial charge is 0.328 e. The molecule has 0 aromatic heterocycles. The molecule has 0 rings (SSSR count). The van der Waals surface area contributed by atoms with Gasteiger partial charge in [-0.1, -0.05) is 136 Å². The smallest absolute Gasteiger partial charge is 0.00388 e. The van der Waals surface area contributed by atoms with Crippen LogP contribution in [0, 0.1) is 0 Å². The van der Waals surface area contributed by atoms with Crippen molar-refractivity contribution in [1.82, 2.24) is 0 Å². The van der Waals surface area contributed by atoms with Gasteiger partial charge in [-0.15, -0.1) is 0 Å². The van der Waals surface area contributed by atoms with Crippen molar-refractivity contribution in [3.05, 3.63) is 0 Å². The minimum Gasteiger partial charge on any atom is -0.328 e. The quantitative estimate of drug-likeness (QED) is 0.205. The molecule has 0 aliphatic rings. The Morgan fingerprint density at radius 2 is 0.640 bits per heavy atom. The van der Waals surface area contributed by atoms with E-state index in [1.54, 1.807) is 0 Å². The van der Waals surface area contributed by atoms with Gasteiger partial charge in [-0.25, -0.2) is 0 Å². The third-order valence-electron chi connectivity index (χ3n) is 5.61. The molecule has 1 atom stereocenters. The molecule has 0 bridgehead atoms. The molecule has 0 radical (unpaired) electrons. The van der Waals surface area contributed by atoms with E-state index in [-0.39, 0.29) is 0 Å². The molecule has 0 saturated carbocycles. The maximum atomic E-state index is 6.25. The Kier molecular flexibility index (Phi) is 22.0. The molecule has 0 aromatic carbocycles. The molecule has 0 aromatic rings. The molecule has 0 aliphatic carbocycles. The minimum absolute atomic E-state index is 0.471. The van der Waals surface area contributed by atoms with Crippen LogP contribution in [0.5, 0.6) is 0 Å². The highest BCUT2D eigenvalue weighted by Gasteiger charge is 2.02. The summed E-state index contributed by atoms with van der Waals surface area (Å²) < 4.78 is 0. The first-order chi connectivity index (χ1) is 12.3. The van der Waals surface area contributed by atoms with Gasteiger partial charge in [0, 0.05) is 6.04 Å². The highest BCUT2D eigenvalue weighted by molar-refractivity contribution is 4.62. The van der Waals surface area contributed by atoms with E-state index in [0.29, 0.717) is 6.04 Å². The first-order valence-corrected chi connectivity index (χ1v) is 12.1. The zero-order valence-corrected chi connectivity index (χ0v) is 18.0. The predicted molar refractivity (Wildman–Crippen MR) is 116 cm³/mol. The molecule has 0 saturated heterocycles. The second-order valence-electron chi connectivity index (χ2n) is 8.35. The number of nitrogens with two attached hydrogens (primary N) is 1. The van der Waals surface area contributed by atoms with Crippen LogP contribution >= 0.6 is 0 Å². The van der Waals surface area contributed by atoms with E-state index in [1.165, 1.54) is 135 Å². The first-order valence-electron chi connectivity index (χ1n) is 12.1. The SMILES string of the molecule is CCCCCCCCCCCCCCCC(N)CCCCCCCC. The lowest BCUT2D eigenvalue weighted by molar-refractivity contribution is 0.480. The van der Waals surface area contributed by atoms with Gasteiger partial charge in [0.05, 0.1) is 0 Å². The lowest BCUT2D eigenvalue weighted by Crippen LogP contribution is -2.19. The number of hydrogen-bond acceptors (Lipinski definition) is 1. The fraction of sp³-hybridized carbons (Fsp3) is 1.00. The lowest BCUT2D eigenvalue weighted by Gasteiger charge is -2.11. The van der Waals surface area contributed by atoms with Crippen molar-refractivity contribution in [1.29, 1.82) is 0 Å². The van der Waals surface area contributed by atoms with Crippen LogP contribution in [0.3, 0.4) is 0 Å². The molecule has 2 N–H and O–H groups in total. The molecule has 0 spiro atoms. The molecular formula is C24H51N. The maximum Gasteiger partial charge on any atom is 0.00388 e. The molecular weight excluding hydrogens is 302 g/mol. The van der Waals surface area contributed by atoms with Crippen molar-refractivity contribution < 1.29 is 0 Å². The monoisotopic (exact) mass is 353 g/mol. The van der Waals surface area contributed by atoms with Gasteiger partial charge in [-0.3, -0.25) is 0 Å². The minimum atomic E-state index is 0.471. The van der Waals surface area contributed by atoms with Gasteiger partial charge in [-0.2, -0.15) is 0 Å². The summed E-state index contributed by atoms with van der Waals surface area (Å²) in [7, 11) is 0. The third kappa shape index (κ3) is 21.9. The second-order valence-corrected chi connectivity index (χ2v) is 8.35. The molecule has 1 heteroatoms. The van der Waals surface area contributed by atoms with Crippen molar-refractivity contribution in [2.24, 2.45) is 5.73 Å². The van der Waals surface area contributed by atoms with Crippen LogP contribution in [-0.4, -0.2) is 6.04 Å². The summed E-state index contributed by atoms with van der Waals surface area (Å²) >= 11 is 0. The van der Waals surface area contributed by atoms with Gasteiger partial charge in [0.2, 0.25) is 0 Å². The van der Waals surface area contributed by atoms with E-state index in [9.17, 15) is 0 Å². The third-order valence-corrected chi connectivity index (χ3v) is 5.61. The summed E-state index contributed by atoms with van der Waals surface area (Å²) in [6.45, 7) is 4.58. The zero-order chi connectivity index (χ0) is 18.4.